The molecule has 1 aromatic heterocycles. The molecule has 3 heteroatoms. The van der Waals surface area contributed by atoms with Crippen LogP contribution >= 0.6 is 22.9 Å². The lowest BCUT2D eigenvalue weighted by Gasteiger charge is -1.92. The molecule has 12 heavy (non-hydrogen) atoms. The van der Waals surface area contributed by atoms with E-state index in [9.17, 15) is 0 Å². The summed E-state index contributed by atoms with van der Waals surface area (Å²) >= 11 is 7.39. The molecule has 0 saturated carbocycles. The van der Waals surface area contributed by atoms with E-state index in [1.165, 1.54) is 4.88 Å². The van der Waals surface area contributed by atoms with Crippen LogP contribution < -0.4 is 0 Å². The van der Waals surface area contributed by atoms with E-state index in [-0.39, 0.29) is 0 Å². The maximum atomic E-state index is 8.30. The number of rotatable bonds is 4. The van der Waals surface area contributed by atoms with Crippen LogP contribution in [0.15, 0.2) is 12.1 Å². The third-order valence-electron chi connectivity index (χ3n) is 1.59. The average Bonchev–Trinajstić information content (AvgIpc) is 2.45. The molecule has 0 N–H and O–H groups in total. The second-order valence-electron chi connectivity index (χ2n) is 2.57. The van der Waals surface area contributed by atoms with Crippen molar-refractivity contribution < 1.29 is 0 Å². The molecule has 0 amide bonds. The lowest BCUT2D eigenvalue weighted by molar-refractivity contribution is 0.759. The van der Waals surface area contributed by atoms with E-state index >= 15 is 0 Å². The number of halogens is 1. The van der Waals surface area contributed by atoms with E-state index in [0.717, 1.165) is 23.6 Å². The summed E-state index contributed by atoms with van der Waals surface area (Å²) in [6.45, 7) is 0. The molecule has 0 aromatic carbocycles. The van der Waals surface area contributed by atoms with Gasteiger partial charge in [0.05, 0.1) is 10.4 Å². The zero-order valence-electron chi connectivity index (χ0n) is 6.72. The molecule has 1 aromatic rings. The number of thiophene rings is 1. The van der Waals surface area contributed by atoms with Gasteiger partial charge in [-0.15, -0.1) is 11.3 Å². The Kier molecular flexibility index (Phi) is 4.13. The van der Waals surface area contributed by atoms with Crippen molar-refractivity contribution in [3.63, 3.8) is 0 Å². The minimum atomic E-state index is 0.666. The number of nitriles is 1. The van der Waals surface area contributed by atoms with Crippen molar-refractivity contribution in [1.82, 2.24) is 0 Å². The first-order valence-electron chi connectivity index (χ1n) is 3.94. The highest BCUT2D eigenvalue weighted by atomic mass is 35.5. The Bertz CT molecular complexity index is 274. The molecule has 0 fully saturated rings. The lowest BCUT2D eigenvalue weighted by atomic mass is 10.2. The summed E-state index contributed by atoms with van der Waals surface area (Å²) in [5.74, 6) is 0. The minimum absolute atomic E-state index is 0.666. The van der Waals surface area contributed by atoms with E-state index in [0.29, 0.717) is 6.42 Å². The predicted molar refractivity (Wildman–Crippen MR) is 52.5 cm³/mol. The number of hydrogen-bond donors (Lipinski definition) is 0. The highest BCUT2D eigenvalue weighted by molar-refractivity contribution is 7.16. The summed E-state index contributed by atoms with van der Waals surface area (Å²) in [5, 5.41) is 8.30. The molecular weight excluding hydrogens is 190 g/mol. The minimum Gasteiger partial charge on any atom is -0.198 e. The molecule has 0 saturated heterocycles. The van der Waals surface area contributed by atoms with Crippen LogP contribution in [0.4, 0.5) is 0 Å². The van der Waals surface area contributed by atoms with Crippen molar-refractivity contribution in [1.29, 1.82) is 5.26 Å². The molecular formula is C9H10ClNS. The van der Waals surface area contributed by atoms with Gasteiger partial charge in [0.25, 0.3) is 0 Å². The molecule has 0 aliphatic heterocycles. The summed E-state index contributed by atoms with van der Waals surface area (Å²) in [7, 11) is 0. The molecule has 1 heterocycles. The van der Waals surface area contributed by atoms with Gasteiger partial charge in [-0.1, -0.05) is 11.6 Å². The largest absolute Gasteiger partial charge is 0.198 e. The van der Waals surface area contributed by atoms with E-state index in [1.54, 1.807) is 11.3 Å². The van der Waals surface area contributed by atoms with Crippen molar-refractivity contribution in [2.24, 2.45) is 0 Å². The van der Waals surface area contributed by atoms with Crippen molar-refractivity contribution in [2.45, 2.75) is 25.7 Å². The Morgan fingerprint density at radius 3 is 2.83 bits per heavy atom. The molecule has 0 aliphatic carbocycles. The van der Waals surface area contributed by atoms with Gasteiger partial charge in [-0.3, -0.25) is 0 Å². The van der Waals surface area contributed by atoms with Gasteiger partial charge in [0, 0.05) is 11.3 Å². The van der Waals surface area contributed by atoms with Crippen LogP contribution in [-0.4, -0.2) is 0 Å². The van der Waals surface area contributed by atoms with E-state index in [1.807, 2.05) is 6.07 Å². The van der Waals surface area contributed by atoms with Gasteiger partial charge in [0.2, 0.25) is 0 Å². The van der Waals surface area contributed by atoms with E-state index in [4.69, 9.17) is 16.9 Å². The summed E-state index contributed by atoms with van der Waals surface area (Å²) < 4.78 is 0.852. The van der Waals surface area contributed by atoms with Crippen LogP contribution in [0.2, 0.25) is 4.34 Å². The SMILES string of the molecule is N#CCCCCc1ccc(Cl)s1. The smallest absolute Gasteiger partial charge is 0.0931 e. The van der Waals surface area contributed by atoms with Gasteiger partial charge in [-0.2, -0.15) is 5.26 Å². The summed E-state index contributed by atoms with van der Waals surface area (Å²) in [4.78, 5) is 1.32. The summed E-state index contributed by atoms with van der Waals surface area (Å²) in [6, 6.07) is 6.11. The predicted octanol–water partition coefficient (Wildman–Crippen LogP) is 3.64. The van der Waals surface area contributed by atoms with Crippen LogP contribution in [0.3, 0.4) is 0 Å². The van der Waals surface area contributed by atoms with Crippen LogP contribution in [0.5, 0.6) is 0 Å². The summed E-state index contributed by atoms with van der Waals surface area (Å²) in [6.07, 6.45) is 3.80. The molecule has 1 rings (SSSR count). The van der Waals surface area contributed by atoms with Crippen molar-refractivity contribution in [3.05, 3.63) is 21.3 Å². The molecule has 64 valence electrons. The fourth-order valence-corrected chi connectivity index (χ4v) is 2.12. The van der Waals surface area contributed by atoms with Crippen molar-refractivity contribution >= 4 is 22.9 Å². The zero-order valence-corrected chi connectivity index (χ0v) is 8.29. The number of hydrogen-bond acceptors (Lipinski definition) is 2. The van der Waals surface area contributed by atoms with Crippen LogP contribution in [0.25, 0.3) is 0 Å². The molecule has 0 bridgehead atoms. The van der Waals surface area contributed by atoms with Gasteiger partial charge in [0.15, 0.2) is 0 Å². The molecule has 0 atom stereocenters. The zero-order chi connectivity index (χ0) is 8.81. The van der Waals surface area contributed by atoms with Gasteiger partial charge < -0.3 is 0 Å². The number of nitrogens with zero attached hydrogens (tertiary/aromatic N) is 1. The third kappa shape index (κ3) is 3.25. The van der Waals surface area contributed by atoms with E-state index < -0.39 is 0 Å². The highest BCUT2D eigenvalue weighted by Gasteiger charge is 1.96. The fourth-order valence-electron chi connectivity index (χ4n) is 0.989. The van der Waals surface area contributed by atoms with Crippen LogP contribution in [0, 0.1) is 11.3 Å². The fraction of sp³-hybridized carbons (Fsp3) is 0.444. The Balaban J connectivity index is 2.21. The molecule has 0 aliphatic rings. The quantitative estimate of drug-likeness (QED) is 0.680. The first-order valence-corrected chi connectivity index (χ1v) is 5.13. The maximum Gasteiger partial charge on any atom is 0.0931 e. The monoisotopic (exact) mass is 199 g/mol. The highest BCUT2D eigenvalue weighted by Crippen LogP contribution is 2.22. The second-order valence-corrected chi connectivity index (χ2v) is 4.37. The topological polar surface area (TPSA) is 23.8 Å². The number of aryl methyl sites for hydroxylation is 1. The Morgan fingerprint density at radius 2 is 2.25 bits per heavy atom. The van der Waals surface area contributed by atoms with Gasteiger partial charge in [-0.25, -0.2) is 0 Å². The molecule has 1 nitrogen and oxygen atoms in total. The second kappa shape index (κ2) is 5.18. The van der Waals surface area contributed by atoms with E-state index in [2.05, 4.69) is 12.1 Å². The normalized spacial score (nSPS) is 9.67. The molecule has 0 radical (unpaired) electrons. The Hall–Kier alpha value is -0.520. The average molecular weight is 200 g/mol. The van der Waals surface area contributed by atoms with Crippen LogP contribution in [0.1, 0.15) is 24.1 Å². The van der Waals surface area contributed by atoms with Crippen molar-refractivity contribution in [3.8, 4) is 6.07 Å². The summed E-state index contributed by atoms with van der Waals surface area (Å²) in [5.41, 5.74) is 0. The van der Waals surface area contributed by atoms with Gasteiger partial charge in [-0.05, 0) is 31.4 Å². The first kappa shape index (κ1) is 9.57. The Morgan fingerprint density at radius 1 is 1.42 bits per heavy atom. The number of unbranched alkanes of at least 4 members (excludes halogenated alkanes) is 2. The molecule has 0 spiro atoms. The maximum absolute atomic E-state index is 8.30. The van der Waals surface area contributed by atoms with Gasteiger partial charge in [0.1, 0.15) is 0 Å². The first-order chi connectivity index (χ1) is 5.83. The lowest BCUT2D eigenvalue weighted by Crippen LogP contribution is -1.79. The Labute approximate surface area is 81.6 Å². The van der Waals surface area contributed by atoms with Crippen molar-refractivity contribution in [2.75, 3.05) is 0 Å². The standard InChI is InChI=1S/C9H10ClNS/c10-9-6-5-8(12-9)4-2-1-3-7-11/h5-6H,1-4H2. The van der Waals surface area contributed by atoms with Gasteiger partial charge >= 0.3 is 0 Å². The third-order valence-corrected chi connectivity index (χ3v) is 2.88. The molecule has 0 unspecified atom stereocenters. The van der Waals surface area contributed by atoms with Crippen LogP contribution in [-0.2, 0) is 6.42 Å².